The van der Waals surface area contributed by atoms with E-state index in [1.807, 2.05) is 19.1 Å². The molecule has 0 radical (unpaired) electrons. The first-order chi connectivity index (χ1) is 11.5. The highest BCUT2D eigenvalue weighted by atomic mass is 19.1. The van der Waals surface area contributed by atoms with Crippen molar-refractivity contribution in [2.45, 2.75) is 58.0 Å². The van der Waals surface area contributed by atoms with Crippen LogP contribution in [-0.4, -0.2) is 41.4 Å². The standard InChI is InChI=1S/C20H27FN2O/c1-15-12-16(2-5-18(15)21)13-22-10-8-20(9-11-22)7-6-19(24)23(14-20)17-3-4-17/h2,5,12,17H,3-4,6-11,13-14H2,1H3. The van der Waals surface area contributed by atoms with Gasteiger partial charge in [-0.2, -0.15) is 0 Å². The number of likely N-dealkylation sites (tertiary alicyclic amines) is 2. The number of piperidine rings is 2. The second-order valence-electron chi connectivity index (χ2n) is 8.11. The summed E-state index contributed by atoms with van der Waals surface area (Å²) < 4.78 is 13.4. The van der Waals surface area contributed by atoms with Gasteiger partial charge in [-0.05, 0) is 74.7 Å². The Balaban J connectivity index is 1.36. The van der Waals surface area contributed by atoms with Crippen molar-refractivity contribution in [1.29, 1.82) is 0 Å². The molecule has 2 saturated heterocycles. The van der Waals surface area contributed by atoms with E-state index < -0.39 is 0 Å². The van der Waals surface area contributed by atoms with E-state index >= 15 is 0 Å². The Morgan fingerprint density at radius 1 is 1.21 bits per heavy atom. The largest absolute Gasteiger partial charge is 0.339 e. The molecule has 24 heavy (non-hydrogen) atoms. The highest BCUT2D eigenvalue weighted by molar-refractivity contribution is 5.77. The summed E-state index contributed by atoms with van der Waals surface area (Å²) in [4.78, 5) is 16.8. The highest BCUT2D eigenvalue weighted by Gasteiger charge is 2.44. The second-order valence-corrected chi connectivity index (χ2v) is 8.11. The Kier molecular flexibility index (Phi) is 4.11. The average Bonchev–Trinajstić information content (AvgIpc) is 3.41. The molecule has 0 unspecified atom stereocenters. The van der Waals surface area contributed by atoms with Crippen molar-refractivity contribution in [3.8, 4) is 0 Å². The molecule has 130 valence electrons. The number of nitrogens with zero attached hydrogens (tertiary/aromatic N) is 2. The summed E-state index contributed by atoms with van der Waals surface area (Å²) >= 11 is 0. The van der Waals surface area contributed by atoms with Gasteiger partial charge < -0.3 is 4.90 Å². The Morgan fingerprint density at radius 3 is 2.62 bits per heavy atom. The van der Waals surface area contributed by atoms with Crippen molar-refractivity contribution < 1.29 is 9.18 Å². The van der Waals surface area contributed by atoms with Crippen LogP contribution in [0.5, 0.6) is 0 Å². The fraction of sp³-hybridized carbons (Fsp3) is 0.650. The third-order valence-corrected chi connectivity index (χ3v) is 6.23. The molecule has 3 aliphatic rings. The van der Waals surface area contributed by atoms with Crippen molar-refractivity contribution >= 4 is 5.91 Å². The van der Waals surface area contributed by atoms with Gasteiger partial charge in [-0.15, -0.1) is 0 Å². The van der Waals surface area contributed by atoms with Crippen LogP contribution in [0.1, 0.15) is 49.7 Å². The number of halogens is 1. The van der Waals surface area contributed by atoms with Gasteiger partial charge in [0.1, 0.15) is 5.82 Å². The van der Waals surface area contributed by atoms with Gasteiger partial charge in [-0.3, -0.25) is 9.69 Å². The van der Waals surface area contributed by atoms with Crippen LogP contribution in [0, 0.1) is 18.2 Å². The number of hydrogen-bond donors (Lipinski definition) is 0. The summed E-state index contributed by atoms with van der Waals surface area (Å²) in [5.41, 5.74) is 2.28. The molecular formula is C20H27FN2O. The number of amides is 1. The van der Waals surface area contributed by atoms with E-state index in [1.165, 1.54) is 31.2 Å². The molecule has 1 aromatic rings. The van der Waals surface area contributed by atoms with Crippen LogP contribution in [0.3, 0.4) is 0 Å². The highest BCUT2D eigenvalue weighted by Crippen LogP contribution is 2.43. The van der Waals surface area contributed by atoms with Crippen LogP contribution in [0.4, 0.5) is 4.39 Å². The molecule has 1 spiro atoms. The molecule has 3 nitrogen and oxygen atoms in total. The first-order valence-electron chi connectivity index (χ1n) is 9.32. The third kappa shape index (κ3) is 3.21. The normalized spacial score (nSPS) is 24.6. The van der Waals surface area contributed by atoms with E-state index in [1.54, 1.807) is 6.07 Å². The molecule has 4 heteroatoms. The van der Waals surface area contributed by atoms with Gasteiger partial charge in [0.05, 0.1) is 0 Å². The Hall–Kier alpha value is -1.42. The lowest BCUT2D eigenvalue weighted by atomic mass is 9.72. The fourth-order valence-corrected chi connectivity index (χ4v) is 4.42. The molecule has 1 amide bonds. The minimum absolute atomic E-state index is 0.122. The number of carbonyl (C=O) groups is 1. The first-order valence-corrected chi connectivity index (χ1v) is 9.32. The van der Waals surface area contributed by atoms with Crippen molar-refractivity contribution in [2.75, 3.05) is 19.6 Å². The van der Waals surface area contributed by atoms with Crippen molar-refractivity contribution in [2.24, 2.45) is 5.41 Å². The molecular weight excluding hydrogens is 303 g/mol. The van der Waals surface area contributed by atoms with Crippen molar-refractivity contribution in [1.82, 2.24) is 9.80 Å². The zero-order valence-electron chi connectivity index (χ0n) is 14.6. The monoisotopic (exact) mass is 330 g/mol. The smallest absolute Gasteiger partial charge is 0.222 e. The zero-order valence-corrected chi connectivity index (χ0v) is 14.6. The van der Waals surface area contributed by atoms with E-state index in [2.05, 4.69) is 9.80 Å². The van der Waals surface area contributed by atoms with Crippen LogP contribution in [0.25, 0.3) is 0 Å². The molecule has 0 atom stereocenters. The molecule has 2 aliphatic heterocycles. The second kappa shape index (κ2) is 6.14. The minimum Gasteiger partial charge on any atom is -0.339 e. The van der Waals surface area contributed by atoms with Crippen molar-refractivity contribution in [3.05, 3.63) is 35.1 Å². The minimum atomic E-state index is -0.122. The van der Waals surface area contributed by atoms with E-state index in [4.69, 9.17) is 0 Å². The van der Waals surface area contributed by atoms with E-state index in [0.29, 0.717) is 17.4 Å². The summed E-state index contributed by atoms with van der Waals surface area (Å²) in [6.07, 6.45) is 6.59. The van der Waals surface area contributed by atoms with E-state index in [0.717, 1.165) is 44.6 Å². The lowest BCUT2D eigenvalue weighted by Gasteiger charge is -2.47. The van der Waals surface area contributed by atoms with Gasteiger partial charge in [-0.1, -0.05) is 12.1 Å². The topological polar surface area (TPSA) is 23.6 Å². The molecule has 4 rings (SSSR count). The van der Waals surface area contributed by atoms with Gasteiger partial charge >= 0.3 is 0 Å². The van der Waals surface area contributed by atoms with Gasteiger partial charge in [0.2, 0.25) is 5.91 Å². The SMILES string of the molecule is Cc1cc(CN2CCC3(CCC(=O)N(C4CC4)C3)CC2)ccc1F. The maximum absolute atomic E-state index is 13.4. The number of benzene rings is 1. The summed E-state index contributed by atoms with van der Waals surface area (Å²) in [7, 11) is 0. The lowest BCUT2D eigenvalue weighted by Crippen LogP contribution is -2.52. The molecule has 1 aliphatic carbocycles. The van der Waals surface area contributed by atoms with Gasteiger partial charge in [0.25, 0.3) is 0 Å². The van der Waals surface area contributed by atoms with Gasteiger partial charge in [0, 0.05) is 25.6 Å². The summed E-state index contributed by atoms with van der Waals surface area (Å²) in [5, 5.41) is 0. The molecule has 0 N–H and O–H groups in total. The van der Waals surface area contributed by atoms with E-state index in [9.17, 15) is 9.18 Å². The molecule has 3 fully saturated rings. The molecule has 0 bridgehead atoms. The first kappa shape index (κ1) is 16.1. The molecule has 0 aromatic heterocycles. The quantitative estimate of drug-likeness (QED) is 0.847. The van der Waals surface area contributed by atoms with Crippen LogP contribution in [-0.2, 0) is 11.3 Å². The molecule has 1 aromatic carbocycles. The fourth-order valence-electron chi connectivity index (χ4n) is 4.42. The summed E-state index contributed by atoms with van der Waals surface area (Å²) in [6, 6.07) is 6.00. The van der Waals surface area contributed by atoms with Crippen molar-refractivity contribution in [3.63, 3.8) is 0 Å². The molecule has 1 saturated carbocycles. The van der Waals surface area contributed by atoms with Crippen LogP contribution in [0.15, 0.2) is 18.2 Å². The molecule has 2 heterocycles. The number of carbonyl (C=O) groups excluding carboxylic acids is 1. The average molecular weight is 330 g/mol. The van der Waals surface area contributed by atoms with Crippen LogP contribution < -0.4 is 0 Å². The summed E-state index contributed by atoms with van der Waals surface area (Å²) in [5.74, 6) is 0.260. The van der Waals surface area contributed by atoms with Gasteiger partial charge in [-0.25, -0.2) is 4.39 Å². The van der Waals surface area contributed by atoms with E-state index in [-0.39, 0.29) is 5.82 Å². The maximum atomic E-state index is 13.4. The van der Waals surface area contributed by atoms with Crippen LogP contribution >= 0.6 is 0 Å². The van der Waals surface area contributed by atoms with Crippen LogP contribution in [0.2, 0.25) is 0 Å². The number of rotatable bonds is 3. The predicted octanol–water partition coefficient (Wildman–Crippen LogP) is 3.50. The lowest BCUT2D eigenvalue weighted by molar-refractivity contribution is -0.139. The predicted molar refractivity (Wildman–Crippen MR) is 92.1 cm³/mol. The van der Waals surface area contributed by atoms with Gasteiger partial charge in [0.15, 0.2) is 0 Å². The Morgan fingerprint density at radius 2 is 1.96 bits per heavy atom. The Bertz CT molecular complexity index is 633. The number of aryl methyl sites for hydroxylation is 1. The maximum Gasteiger partial charge on any atom is 0.222 e. The number of hydrogen-bond acceptors (Lipinski definition) is 2. The summed E-state index contributed by atoms with van der Waals surface area (Å²) in [6.45, 7) is 5.89. The third-order valence-electron chi connectivity index (χ3n) is 6.23. The zero-order chi connectivity index (χ0) is 16.7. The Labute approximate surface area is 143 Å².